The highest BCUT2D eigenvalue weighted by Gasteiger charge is 2.19. The van der Waals surface area contributed by atoms with Crippen LogP contribution in [-0.2, 0) is 17.6 Å². The van der Waals surface area contributed by atoms with Gasteiger partial charge in [-0.3, -0.25) is 4.79 Å². The average Bonchev–Trinajstić information content (AvgIpc) is 2.91. The predicted octanol–water partition coefficient (Wildman–Crippen LogP) is 6.26. The molecule has 0 radical (unpaired) electrons. The number of amides is 1. The van der Waals surface area contributed by atoms with Gasteiger partial charge >= 0.3 is 5.97 Å². The Bertz CT molecular complexity index is 1470. The molecule has 4 aromatic rings. The summed E-state index contributed by atoms with van der Waals surface area (Å²) in [5.41, 5.74) is 10.4. The van der Waals surface area contributed by atoms with Gasteiger partial charge in [-0.2, -0.15) is 0 Å². The van der Waals surface area contributed by atoms with Crippen molar-refractivity contribution in [2.45, 2.75) is 18.9 Å². The third-order valence-electron chi connectivity index (χ3n) is 5.93. The third kappa shape index (κ3) is 7.60. The highest BCUT2D eigenvalue weighted by molar-refractivity contribution is 6.40. The second kappa shape index (κ2) is 13.0. The first-order chi connectivity index (χ1) is 18.8. The molecule has 9 heteroatoms. The molecular formula is C30H26Cl2N4O3. The number of anilines is 2. The van der Waals surface area contributed by atoms with E-state index in [0.29, 0.717) is 17.7 Å². The number of carbonyl (C=O) groups excluding carboxylic acids is 1. The number of nitrogens with one attached hydrogen (secondary N) is 2. The molecule has 0 aliphatic heterocycles. The van der Waals surface area contributed by atoms with Gasteiger partial charge in [-0.1, -0.05) is 89.9 Å². The number of carboxylic acid groups (broad SMARTS) is 1. The second-order valence-electron chi connectivity index (χ2n) is 8.76. The molecule has 0 spiro atoms. The van der Waals surface area contributed by atoms with Crippen LogP contribution >= 0.6 is 23.2 Å². The van der Waals surface area contributed by atoms with E-state index in [1.807, 2.05) is 54.6 Å². The maximum Gasteiger partial charge on any atom is 0.328 e. The van der Waals surface area contributed by atoms with Crippen molar-refractivity contribution in [2.75, 3.05) is 10.6 Å². The van der Waals surface area contributed by atoms with Crippen LogP contribution in [0.1, 0.15) is 27.0 Å². The minimum Gasteiger partial charge on any atom is -0.480 e. The number of aliphatic carboxylic acids is 1. The molecule has 1 atom stereocenters. The van der Waals surface area contributed by atoms with Crippen molar-refractivity contribution >= 4 is 52.4 Å². The van der Waals surface area contributed by atoms with Crippen molar-refractivity contribution in [1.82, 2.24) is 0 Å². The summed E-state index contributed by atoms with van der Waals surface area (Å²) in [6, 6.07) is 28.2. The van der Waals surface area contributed by atoms with Gasteiger partial charge in [0.1, 0.15) is 0 Å². The SMILES string of the molecule is NC(=N[C@@H](Cc1ccc(NC(=O)c2c(Cl)cccc2Cl)cc1)C(=O)O)Nc1ccccc1Cc1ccccc1. The fourth-order valence-electron chi connectivity index (χ4n) is 3.99. The topological polar surface area (TPSA) is 117 Å². The van der Waals surface area contributed by atoms with Gasteiger partial charge in [0.2, 0.25) is 0 Å². The zero-order valence-electron chi connectivity index (χ0n) is 20.8. The van der Waals surface area contributed by atoms with E-state index in [1.54, 1.807) is 42.5 Å². The fraction of sp³-hybridized carbons (Fsp3) is 0.100. The van der Waals surface area contributed by atoms with Gasteiger partial charge in [-0.15, -0.1) is 0 Å². The van der Waals surface area contributed by atoms with Crippen LogP contribution in [0, 0.1) is 0 Å². The molecule has 0 heterocycles. The molecule has 0 aliphatic carbocycles. The maximum absolute atomic E-state index is 12.6. The normalized spacial score (nSPS) is 12.0. The number of nitrogens with two attached hydrogens (primary N) is 1. The largest absolute Gasteiger partial charge is 0.480 e. The first kappa shape index (κ1) is 27.7. The summed E-state index contributed by atoms with van der Waals surface area (Å²) in [4.78, 5) is 28.8. The van der Waals surface area contributed by atoms with E-state index in [1.165, 1.54) is 0 Å². The van der Waals surface area contributed by atoms with Crippen molar-refractivity contribution in [3.05, 3.63) is 129 Å². The number of hydrogen-bond donors (Lipinski definition) is 4. The van der Waals surface area contributed by atoms with Crippen LogP contribution < -0.4 is 16.4 Å². The van der Waals surface area contributed by atoms with Crippen LogP contribution in [0.5, 0.6) is 0 Å². The lowest BCUT2D eigenvalue weighted by atomic mass is 10.0. The molecule has 5 N–H and O–H groups in total. The number of halogens is 2. The van der Waals surface area contributed by atoms with Gasteiger partial charge < -0.3 is 21.5 Å². The average molecular weight is 561 g/mol. The van der Waals surface area contributed by atoms with E-state index in [0.717, 1.165) is 16.8 Å². The summed E-state index contributed by atoms with van der Waals surface area (Å²) in [6.45, 7) is 0. The highest BCUT2D eigenvalue weighted by Crippen LogP contribution is 2.25. The Morgan fingerprint density at radius 2 is 1.44 bits per heavy atom. The lowest BCUT2D eigenvalue weighted by molar-refractivity contribution is -0.138. The van der Waals surface area contributed by atoms with E-state index >= 15 is 0 Å². The Morgan fingerprint density at radius 1 is 0.795 bits per heavy atom. The molecule has 7 nitrogen and oxygen atoms in total. The van der Waals surface area contributed by atoms with E-state index in [4.69, 9.17) is 28.9 Å². The van der Waals surface area contributed by atoms with Gasteiger partial charge in [-0.25, -0.2) is 9.79 Å². The number of carbonyl (C=O) groups is 2. The lowest BCUT2D eigenvalue weighted by Gasteiger charge is -2.14. The summed E-state index contributed by atoms with van der Waals surface area (Å²) >= 11 is 12.2. The molecule has 0 fully saturated rings. The summed E-state index contributed by atoms with van der Waals surface area (Å²) in [6.07, 6.45) is 0.791. The lowest BCUT2D eigenvalue weighted by Crippen LogP contribution is -2.30. The van der Waals surface area contributed by atoms with Gasteiger partial charge in [0.15, 0.2) is 12.0 Å². The van der Waals surface area contributed by atoms with Crippen LogP contribution in [0.2, 0.25) is 10.0 Å². The predicted molar refractivity (Wildman–Crippen MR) is 157 cm³/mol. The molecule has 0 unspecified atom stereocenters. The van der Waals surface area contributed by atoms with E-state index < -0.39 is 17.9 Å². The summed E-state index contributed by atoms with van der Waals surface area (Å²) < 4.78 is 0. The molecule has 0 saturated heterocycles. The van der Waals surface area contributed by atoms with Crippen molar-refractivity contribution in [1.29, 1.82) is 0 Å². The smallest absolute Gasteiger partial charge is 0.328 e. The van der Waals surface area contributed by atoms with Crippen molar-refractivity contribution < 1.29 is 14.7 Å². The summed E-state index contributed by atoms with van der Waals surface area (Å²) in [7, 11) is 0. The number of carboxylic acids is 1. The Balaban J connectivity index is 1.43. The number of guanidine groups is 1. The van der Waals surface area contributed by atoms with Crippen molar-refractivity contribution in [2.24, 2.45) is 10.7 Å². The summed E-state index contributed by atoms with van der Waals surface area (Å²) in [5, 5.41) is 16.1. The molecule has 0 bridgehead atoms. The number of aliphatic imine (C=N–C) groups is 1. The second-order valence-corrected chi connectivity index (χ2v) is 9.58. The molecule has 4 aromatic carbocycles. The molecule has 4 rings (SSSR count). The van der Waals surface area contributed by atoms with Crippen LogP contribution in [-0.4, -0.2) is 29.0 Å². The van der Waals surface area contributed by atoms with Crippen molar-refractivity contribution in [3.8, 4) is 0 Å². The number of nitrogens with zero attached hydrogens (tertiary/aromatic N) is 1. The maximum atomic E-state index is 12.6. The van der Waals surface area contributed by atoms with Crippen LogP contribution in [0.3, 0.4) is 0 Å². The molecular weight excluding hydrogens is 535 g/mol. The Hall–Kier alpha value is -4.33. The monoisotopic (exact) mass is 560 g/mol. The minimum atomic E-state index is -1.11. The number of hydrogen-bond acceptors (Lipinski definition) is 3. The molecule has 0 aliphatic rings. The van der Waals surface area contributed by atoms with E-state index in [9.17, 15) is 14.7 Å². The van der Waals surface area contributed by atoms with E-state index in [-0.39, 0.29) is 28.0 Å². The molecule has 0 aromatic heterocycles. The number of para-hydroxylation sites is 1. The Morgan fingerprint density at radius 3 is 2.10 bits per heavy atom. The number of benzene rings is 4. The van der Waals surface area contributed by atoms with Gasteiger partial charge in [0.25, 0.3) is 5.91 Å². The molecule has 39 heavy (non-hydrogen) atoms. The van der Waals surface area contributed by atoms with Crippen LogP contribution in [0.15, 0.2) is 102 Å². The standard InChI is InChI=1S/C30H26Cl2N4O3/c31-23-10-6-11-24(32)27(23)28(37)34-22-15-13-20(14-16-22)18-26(29(38)39)36-30(33)35-25-12-5-4-9-21(25)17-19-7-2-1-3-8-19/h1-16,26H,17-18H2,(H,34,37)(H,38,39)(H3,33,35,36)/t26-/m0/s1. The third-order valence-corrected chi connectivity index (χ3v) is 6.56. The zero-order valence-corrected chi connectivity index (χ0v) is 22.3. The summed E-state index contributed by atoms with van der Waals surface area (Å²) in [5.74, 6) is -1.55. The fourth-order valence-corrected chi connectivity index (χ4v) is 4.56. The Labute approximate surface area is 236 Å². The van der Waals surface area contributed by atoms with Gasteiger partial charge in [-0.05, 0) is 53.4 Å². The van der Waals surface area contributed by atoms with E-state index in [2.05, 4.69) is 15.6 Å². The first-order valence-electron chi connectivity index (χ1n) is 12.1. The zero-order chi connectivity index (χ0) is 27.8. The first-order valence-corrected chi connectivity index (χ1v) is 12.8. The molecule has 0 saturated carbocycles. The molecule has 198 valence electrons. The quantitative estimate of drug-likeness (QED) is 0.142. The van der Waals surface area contributed by atoms with Crippen LogP contribution in [0.4, 0.5) is 11.4 Å². The highest BCUT2D eigenvalue weighted by atomic mass is 35.5. The van der Waals surface area contributed by atoms with Gasteiger partial charge in [0.05, 0.1) is 15.6 Å². The minimum absolute atomic E-state index is 0.00316. The molecule has 1 amide bonds. The van der Waals surface area contributed by atoms with Gasteiger partial charge in [0, 0.05) is 17.8 Å². The van der Waals surface area contributed by atoms with Crippen molar-refractivity contribution in [3.63, 3.8) is 0 Å². The Kier molecular flexibility index (Phi) is 9.20. The number of rotatable bonds is 9. The van der Waals surface area contributed by atoms with Crippen LogP contribution in [0.25, 0.3) is 0 Å².